The van der Waals surface area contributed by atoms with Gasteiger partial charge in [0.05, 0.1) is 0 Å². The summed E-state index contributed by atoms with van der Waals surface area (Å²) in [7, 11) is 0. The molecule has 90 valence electrons. The SMILES string of the molecule is OP(O)(O)=S.OP(O)(O)=S.[CH2-]C(C)C.[Na+]. The molecule has 0 aliphatic carbocycles. The minimum atomic E-state index is -3.81. The van der Waals surface area contributed by atoms with Gasteiger partial charge in [0.1, 0.15) is 0 Å². The van der Waals surface area contributed by atoms with E-state index in [0.29, 0.717) is 5.92 Å². The zero-order valence-corrected chi connectivity index (χ0v) is 14.1. The van der Waals surface area contributed by atoms with Crippen molar-refractivity contribution in [1.29, 1.82) is 0 Å². The second-order valence-electron chi connectivity index (χ2n) is 2.42. The van der Waals surface area contributed by atoms with Crippen molar-refractivity contribution in [1.82, 2.24) is 0 Å². The van der Waals surface area contributed by atoms with Crippen LogP contribution in [0.15, 0.2) is 0 Å². The van der Waals surface area contributed by atoms with Crippen LogP contribution in [0, 0.1) is 12.8 Å². The minimum Gasteiger partial charge on any atom is -0.341 e. The van der Waals surface area contributed by atoms with Crippen LogP contribution in [-0.2, 0) is 23.6 Å². The molecule has 0 aromatic heterocycles. The quantitative estimate of drug-likeness (QED) is 0.158. The zero-order chi connectivity index (χ0) is 12.6. The summed E-state index contributed by atoms with van der Waals surface area (Å²) in [5, 5.41) is 0. The van der Waals surface area contributed by atoms with Gasteiger partial charge in [-0.1, -0.05) is 13.8 Å². The van der Waals surface area contributed by atoms with E-state index in [-0.39, 0.29) is 29.6 Å². The Hall–Kier alpha value is 2.06. The molecule has 6 N–H and O–H groups in total. The Morgan fingerprint density at radius 1 is 0.867 bits per heavy atom. The molecule has 0 aliphatic heterocycles. The molecule has 0 fully saturated rings. The minimum absolute atomic E-state index is 0. The van der Waals surface area contributed by atoms with E-state index in [9.17, 15) is 0 Å². The van der Waals surface area contributed by atoms with Crippen LogP contribution in [0.1, 0.15) is 13.8 Å². The Balaban J connectivity index is -0.0000000590. The molecule has 0 saturated heterocycles. The molecular formula is C4H15NaO6P2S2. The molecule has 0 aromatic carbocycles. The largest absolute Gasteiger partial charge is 1.00 e. The van der Waals surface area contributed by atoms with E-state index in [1.165, 1.54) is 0 Å². The van der Waals surface area contributed by atoms with Crippen molar-refractivity contribution >= 4 is 37.1 Å². The zero-order valence-electron chi connectivity index (χ0n) is 8.68. The predicted molar refractivity (Wildman–Crippen MR) is 62.1 cm³/mol. The molecule has 15 heavy (non-hydrogen) atoms. The third kappa shape index (κ3) is 748. The fourth-order valence-electron chi connectivity index (χ4n) is 0. The van der Waals surface area contributed by atoms with Gasteiger partial charge in [0.2, 0.25) is 0 Å². The standard InChI is InChI=1S/C4H9.Na.2H3O3PS/c1-4(2)3;;2*1-4(2,3)5/h4H,1H2,2-3H3;;2*(H3,1,2,3,5)/q-1;+1;;. The van der Waals surface area contributed by atoms with Gasteiger partial charge in [-0.25, -0.2) is 0 Å². The molecule has 0 unspecified atom stereocenters. The maximum Gasteiger partial charge on any atom is 1.00 e. The molecule has 0 bridgehead atoms. The van der Waals surface area contributed by atoms with Crippen LogP contribution in [-0.4, -0.2) is 29.4 Å². The summed E-state index contributed by atoms with van der Waals surface area (Å²) in [6.45, 7) is 0.139. The molecule has 6 nitrogen and oxygen atoms in total. The van der Waals surface area contributed by atoms with Crippen LogP contribution in [0.2, 0.25) is 0 Å². The van der Waals surface area contributed by atoms with Crippen molar-refractivity contribution in [3.8, 4) is 0 Å². The van der Waals surface area contributed by atoms with E-state index < -0.39 is 13.4 Å². The molecule has 0 aliphatic rings. The van der Waals surface area contributed by atoms with Gasteiger partial charge >= 0.3 is 43.0 Å². The Morgan fingerprint density at radius 3 is 0.867 bits per heavy atom. The summed E-state index contributed by atoms with van der Waals surface area (Å²) in [5.74, 6) is 0.583. The van der Waals surface area contributed by atoms with Gasteiger partial charge in [-0.2, -0.15) is 5.92 Å². The Labute approximate surface area is 122 Å². The van der Waals surface area contributed by atoms with Gasteiger partial charge in [-0.05, 0) is 23.6 Å². The second kappa shape index (κ2) is 12.5. The summed E-state index contributed by atoms with van der Waals surface area (Å²) in [6, 6.07) is 0. The maximum absolute atomic E-state index is 7.56. The Kier molecular flexibility index (Phi) is 21.5. The second-order valence-corrected chi connectivity index (χ2v) is 7.41. The van der Waals surface area contributed by atoms with Gasteiger partial charge in [-0.15, -0.1) is 0 Å². The maximum atomic E-state index is 7.56. The fourth-order valence-corrected chi connectivity index (χ4v) is 0. The molecule has 11 heteroatoms. The van der Waals surface area contributed by atoms with Gasteiger partial charge in [0.15, 0.2) is 0 Å². The Bertz CT molecular complexity index is 174. The van der Waals surface area contributed by atoms with Gasteiger partial charge < -0.3 is 36.3 Å². The third-order valence-corrected chi connectivity index (χ3v) is 0. The van der Waals surface area contributed by atoms with Crippen LogP contribution < -0.4 is 29.6 Å². The van der Waals surface area contributed by atoms with E-state index in [0.717, 1.165) is 0 Å². The molecule has 0 rings (SSSR count). The smallest absolute Gasteiger partial charge is 0.341 e. The van der Waals surface area contributed by atoms with Gasteiger partial charge in [-0.3, -0.25) is 0 Å². The summed E-state index contributed by atoms with van der Waals surface area (Å²) in [6.07, 6.45) is 0. The first-order chi connectivity index (χ1) is 5.73. The van der Waals surface area contributed by atoms with Crippen LogP contribution in [0.25, 0.3) is 0 Å². The van der Waals surface area contributed by atoms with E-state index in [1.807, 2.05) is 0 Å². The van der Waals surface area contributed by atoms with Gasteiger partial charge in [0.25, 0.3) is 0 Å². The van der Waals surface area contributed by atoms with Crippen molar-refractivity contribution in [3.05, 3.63) is 6.92 Å². The van der Waals surface area contributed by atoms with Crippen LogP contribution >= 0.6 is 13.4 Å². The first kappa shape index (κ1) is 25.8. The predicted octanol–water partition coefficient (Wildman–Crippen LogP) is -3.14. The van der Waals surface area contributed by atoms with Crippen LogP contribution in [0.5, 0.6) is 0 Å². The average molecular weight is 308 g/mol. The fraction of sp³-hybridized carbons (Fsp3) is 0.750. The molecular weight excluding hydrogens is 293 g/mol. The molecule has 0 heterocycles. The Morgan fingerprint density at radius 2 is 0.867 bits per heavy atom. The van der Waals surface area contributed by atoms with Crippen LogP contribution in [0.3, 0.4) is 0 Å². The topological polar surface area (TPSA) is 121 Å². The van der Waals surface area contributed by atoms with E-state index in [2.05, 4.69) is 44.4 Å². The molecule has 0 spiro atoms. The number of rotatable bonds is 0. The molecule has 0 saturated carbocycles. The molecule has 0 radical (unpaired) electrons. The summed E-state index contributed by atoms with van der Waals surface area (Å²) in [5.41, 5.74) is 0. The van der Waals surface area contributed by atoms with Gasteiger partial charge in [0, 0.05) is 0 Å². The van der Waals surface area contributed by atoms with Crippen LogP contribution in [0.4, 0.5) is 0 Å². The summed E-state index contributed by atoms with van der Waals surface area (Å²) >= 11 is 7.21. The van der Waals surface area contributed by atoms with E-state index in [4.69, 9.17) is 29.4 Å². The van der Waals surface area contributed by atoms with E-state index in [1.54, 1.807) is 0 Å². The van der Waals surface area contributed by atoms with Crippen molar-refractivity contribution in [2.45, 2.75) is 13.8 Å². The first-order valence-corrected chi connectivity index (χ1v) is 8.45. The molecule has 0 aromatic rings. The van der Waals surface area contributed by atoms with Crippen molar-refractivity contribution in [2.24, 2.45) is 5.92 Å². The third-order valence-electron chi connectivity index (χ3n) is 0. The van der Waals surface area contributed by atoms with E-state index >= 15 is 0 Å². The number of hydrogen-bond donors (Lipinski definition) is 6. The first-order valence-electron chi connectivity index (χ1n) is 3.13. The molecule has 0 amide bonds. The van der Waals surface area contributed by atoms with Crippen molar-refractivity contribution < 1.29 is 58.9 Å². The summed E-state index contributed by atoms with van der Waals surface area (Å²) < 4.78 is 0. The summed E-state index contributed by atoms with van der Waals surface area (Å²) in [4.78, 5) is 45.3. The number of hydrogen-bond acceptors (Lipinski definition) is 2. The normalized spacial score (nSPS) is 10.3. The van der Waals surface area contributed by atoms with Crippen molar-refractivity contribution in [2.75, 3.05) is 0 Å². The molecule has 0 atom stereocenters. The van der Waals surface area contributed by atoms with Crippen molar-refractivity contribution in [3.63, 3.8) is 0 Å². The monoisotopic (exact) mass is 308 g/mol. The average Bonchev–Trinajstić information content (AvgIpc) is 1.45.